The van der Waals surface area contributed by atoms with Gasteiger partial charge < -0.3 is 8.83 Å². The molecule has 0 spiro atoms. The van der Waals surface area contributed by atoms with E-state index in [-0.39, 0.29) is 0 Å². The Kier molecular flexibility index (Phi) is 6.35. The number of benzene rings is 5. The maximum atomic E-state index is 6.35. The molecule has 0 N–H and O–H groups in total. The van der Waals surface area contributed by atoms with Crippen molar-refractivity contribution in [3.8, 4) is 33.9 Å². The van der Waals surface area contributed by atoms with Crippen molar-refractivity contribution in [3.63, 3.8) is 0 Å². The van der Waals surface area contributed by atoms with Crippen molar-refractivity contribution >= 4 is 50.1 Å². The van der Waals surface area contributed by atoms with Crippen LogP contribution in [0, 0.1) is 0 Å². The summed E-state index contributed by atoms with van der Waals surface area (Å²) in [5.41, 5.74) is 18.1. The van der Waals surface area contributed by atoms with Crippen LogP contribution in [-0.4, -0.2) is 15.0 Å². The van der Waals surface area contributed by atoms with Crippen LogP contribution in [0.25, 0.3) is 84.0 Å². The van der Waals surface area contributed by atoms with Gasteiger partial charge in [0.05, 0.1) is 0 Å². The van der Waals surface area contributed by atoms with Gasteiger partial charge in [-0.05, 0) is 118 Å². The summed E-state index contributed by atoms with van der Waals surface area (Å²) >= 11 is 0. The molecule has 5 nitrogen and oxygen atoms in total. The minimum absolute atomic E-state index is 0.365. The summed E-state index contributed by atoms with van der Waals surface area (Å²) in [5.74, 6) is 2.72. The molecule has 3 aromatic heterocycles. The fourth-order valence-electron chi connectivity index (χ4n) is 9.53. The lowest BCUT2D eigenvalue weighted by molar-refractivity contribution is 0.548. The summed E-state index contributed by atoms with van der Waals surface area (Å²) in [6.45, 7) is 0. The van der Waals surface area contributed by atoms with Gasteiger partial charge >= 0.3 is 0 Å². The topological polar surface area (TPSA) is 65.0 Å². The average Bonchev–Trinajstić information content (AvgIpc) is 3.91. The highest BCUT2D eigenvalue weighted by Crippen LogP contribution is 2.57. The Morgan fingerprint density at radius 3 is 2.35 bits per heavy atom. The first-order valence-corrected chi connectivity index (χ1v) is 19.0. The largest absolute Gasteiger partial charge is 0.460 e. The molecule has 0 saturated heterocycles. The second kappa shape index (κ2) is 11.5. The van der Waals surface area contributed by atoms with E-state index in [0.29, 0.717) is 17.6 Å². The smallest absolute Gasteiger partial charge is 0.163 e. The van der Waals surface area contributed by atoms with E-state index in [0.717, 1.165) is 82.1 Å². The lowest BCUT2D eigenvalue weighted by atomic mass is 9.81. The second-order valence-corrected chi connectivity index (χ2v) is 14.9. The molecule has 4 aliphatic rings. The SMILES string of the molecule is C1=CC2=C3C(=CCC2)c2c(C4=Cc5c(oc6ccccc56)CC4)cc(-c4ccccc4-c4ncnc(-c5ccc6c(c5)oc5ccccc56)n4)cc2C3C1. The normalized spacial score (nSPS) is 17.1. The number of aromatic nitrogens is 3. The fourth-order valence-corrected chi connectivity index (χ4v) is 9.53. The van der Waals surface area contributed by atoms with E-state index < -0.39 is 0 Å². The van der Waals surface area contributed by atoms with E-state index in [2.05, 4.69) is 108 Å². The van der Waals surface area contributed by atoms with Gasteiger partial charge in [-0.2, -0.15) is 0 Å². The summed E-state index contributed by atoms with van der Waals surface area (Å²) in [6.07, 6.45) is 16.3. The molecule has 3 heterocycles. The fraction of sp³-hybridized carbons (Fsp3) is 0.122. The molecule has 5 aromatic carbocycles. The van der Waals surface area contributed by atoms with Gasteiger partial charge in [0.15, 0.2) is 11.6 Å². The van der Waals surface area contributed by atoms with E-state index in [1.54, 1.807) is 11.9 Å². The van der Waals surface area contributed by atoms with Crippen molar-refractivity contribution in [3.05, 3.63) is 167 Å². The van der Waals surface area contributed by atoms with Gasteiger partial charge in [-0.3, -0.25) is 0 Å². The Balaban J connectivity index is 1.03. The molecule has 0 saturated carbocycles. The molecule has 4 aliphatic carbocycles. The van der Waals surface area contributed by atoms with E-state index in [1.807, 2.05) is 24.3 Å². The lowest BCUT2D eigenvalue weighted by Gasteiger charge is -2.23. The minimum Gasteiger partial charge on any atom is -0.460 e. The van der Waals surface area contributed by atoms with Crippen LogP contribution in [0.15, 0.2) is 148 Å². The molecular formula is C49H33N3O2. The first-order valence-electron chi connectivity index (χ1n) is 19.0. The third kappa shape index (κ3) is 4.42. The predicted octanol–water partition coefficient (Wildman–Crippen LogP) is 12.5. The maximum Gasteiger partial charge on any atom is 0.163 e. The molecule has 12 rings (SSSR count). The quantitative estimate of drug-likeness (QED) is 0.183. The van der Waals surface area contributed by atoms with E-state index in [9.17, 15) is 0 Å². The summed E-state index contributed by atoms with van der Waals surface area (Å²) < 4.78 is 12.6. The molecule has 54 heavy (non-hydrogen) atoms. The number of furan rings is 2. The van der Waals surface area contributed by atoms with Crippen molar-refractivity contribution in [1.29, 1.82) is 0 Å². The maximum absolute atomic E-state index is 6.35. The van der Waals surface area contributed by atoms with Gasteiger partial charge in [0.2, 0.25) is 0 Å². The van der Waals surface area contributed by atoms with Crippen LogP contribution in [0.4, 0.5) is 0 Å². The minimum atomic E-state index is 0.365. The molecule has 8 aromatic rings. The number of hydrogen-bond acceptors (Lipinski definition) is 5. The molecule has 0 bridgehead atoms. The predicted molar refractivity (Wildman–Crippen MR) is 217 cm³/mol. The van der Waals surface area contributed by atoms with Crippen molar-refractivity contribution in [2.24, 2.45) is 0 Å². The van der Waals surface area contributed by atoms with Crippen LogP contribution in [-0.2, 0) is 6.42 Å². The molecule has 0 fully saturated rings. The Morgan fingerprint density at radius 1 is 0.630 bits per heavy atom. The van der Waals surface area contributed by atoms with Crippen LogP contribution in [0.3, 0.4) is 0 Å². The first-order chi connectivity index (χ1) is 26.7. The number of nitrogens with zero attached hydrogens (tertiary/aromatic N) is 3. The lowest BCUT2D eigenvalue weighted by Crippen LogP contribution is -2.04. The number of aryl methyl sites for hydroxylation is 1. The molecule has 0 radical (unpaired) electrons. The highest BCUT2D eigenvalue weighted by molar-refractivity contribution is 6.06. The summed E-state index contributed by atoms with van der Waals surface area (Å²) in [6, 6.07) is 36.2. The van der Waals surface area contributed by atoms with Crippen LogP contribution in [0.2, 0.25) is 0 Å². The van der Waals surface area contributed by atoms with Crippen LogP contribution in [0.5, 0.6) is 0 Å². The molecule has 256 valence electrons. The summed E-state index contributed by atoms with van der Waals surface area (Å²) in [7, 11) is 0. The Bertz CT molecular complexity index is 3040. The third-order valence-corrected chi connectivity index (χ3v) is 11.9. The summed E-state index contributed by atoms with van der Waals surface area (Å²) in [4.78, 5) is 14.5. The van der Waals surface area contributed by atoms with Gasteiger partial charge in [0.25, 0.3) is 0 Å². The zero-order valence-electron chi connectivity index (χ0n) is 29.5. The van der Waals surface area contributed by atoms with Crippen LogP contribution in [0.1, 0.15) is 59.6 Å². The number of rotatable bonds is 4. The molecule has 5 heteroatoms. The first kappa shape index (κ1) is 29.9. The van der Waals surface area contributed by atoms with Gasteiger partial charge in [0, 0.05) is 45.2 Å². The van der Waals surface area contributed by atoms with Crippen molar-refractivity contribution in [2.75, 3.05) is 0 Å². The molecule has 1 unspecified atom stereocenters. The van der Waals surface area contributed by atoms with Gasteiger partial charge in [-0.25, -0.2) is 15.0 Å². The number of fused-ring (bicyclic) bond motifs is 9. The zero-order chi connectivity index (χ0) is 35.3. The Hall–Kier alpha value is -6.59. The highest BCUT2D eigenvalue weighted by Gasteiger charge is 2.38. The summed E-state index contributed by atoms with van der Waals surface area (Å²) in [5, 5.41) is 3.37. The van der Waals surface area contributed by atoms with Crippen molar-refractivity contribution < 1.29 is 8.83 Å². The van der Waals surface area contributed by atoms with Gasteiger partial charge in [0.1, 0.15) is 28.8 Å². The molecular weight excluding hydrogens is 663 g/mol. The number of para-hydroxylation sites is 2. The van der Waals surface area contributed by atoms with Crippen LogP contribution < -0.4 is 0 Å². The Morgan fingerprint density at radius 2 is 1.43 bits per heavy atom. The standard InChI is InChI=1S/C49H33N3O2/c1-2-14-37(49-51-27-50-48(52-49)30-19-21-35-33-12-3-5-17-42(33)54-45(35)26-30)32(11-1)31-24-39(29-20-22-44-40(23-29)34-13-4-6-18-43(34)53-44)47-38-16-8-10-28-9-7-15-36(46(28)38)41(47)25-31/h1-7,9,11-14,16-19,21,23-27,36H,8,10,15,20,22H2. The number of allylic oxidation sites excluding steroid dienone is 7. The van der Waals surface area contributed by atoms with Gasteiger partial charge in [-0.15, -0.1) is 0 Å². The second-order valence-electron chi connectivity index (χ2n) is 14.9. The molecule has 0 amide bonds. The monoisotopic (exact) mass is 695 g/mol. The van der Waals surface area contributed by atoms with Crippen molar-refractivity contribution in [1.82, 2.24) is 15.0 Å². The third-order valence-electron chi connectivity index (χ3n) is 11.9. The molecule has 1 atom stereocenters. The van der Waals surface area contributed by atoms with E-state index in [4.69, 9.17) is 18.8 Å². The highest BCUT2D eigenvalue weighted by atomic mass is 16.3. The average molecular weight is 696 g/mol. The van der Waals surface area contributed by atoms with E-state index >= 15 is 0 Å². The zero-order valence-corrected chi connectivity index (χ0v) is 29.5. The van der Waals surface area contributed by atoms with E-state index in [1.165, 1.54) is 49.9 Å². The Labute approximate surface area is 311 Å². The molecule has 0 aliphatic heterocycles. The number of hydrogen-bond donors (Lipinski definition) is 0. The van der Waals surface area contributed by atoms with Gasteiger partial charge in [-0.1, -0.05) is 85.0 Å². The van der Waals surface area contributed by atoms with Crippen LogP contribution >= 0.6 is 0 Å². The van der Waals surface area contributed by atoms with Crippen molar-refractivity contribution in [2.45, 2.75) is 38.0 Å².